The van der Waals surface area contributed by atoms with Gasteiger partial charge in [0.25, 0.3) is 5.91 Å². The molecule has 0 bridgehead atoms. The molecule has 2 rings (SSSR count). The number of nitrogens with one attached hydrogen (secondary N) is 2. The summed E-state index contributed by atoms with van der Waals surface area (Å²) in [5, 5.41) is 5.69. The second-order valence-corrected chi connectivity index (χ2v) is 13.7. The second-order valence-electron chi connectivity index (χ2n) is 13.7. The lowest BCUT2D eigenvalue weighted by Crippen LogP contribution is -2.68. The molecule has 2 N–H and O–H groups in total. The molecule has 2 aliphatic rings. The molecule has 44 heavy (non-hydrogen) atoms. The highest BCUT2D eigenvalue weighted by molar-refractivity contribution is 5.99. The van der Waals surface area contributed by atoms with Crippen LogP contribution in [0.4, 0.5) is 0 Å². The van der Waals surface area contributed by atoms with E-state index in [1.54, 1.807) is 27.8 Å². The van der Waals surface area contributed by atoms with Crippen molar-refractivity contribution in [3.8, 4) is 0 Å². The number of esters is 1. The van der Waals surface area contributed by atoms with Crippen LogP contribution in [0.2, 0.25) is 0 Å². The van der Waals surface area contributed by atoms with Crippen LogP contribution >= 0.6 is 0 Å². The first-order valence-electron chi connectivity index (χ1n) is 16.0. The molecular formula is C32H55N5O7. The van der Waals surface area contributed by atoms with Crippen molar-refractivity contribution < 1.29 is 33.5 Å². The van der Waals surface area contributed by atoms with Crippen molar-refractivity contribution in [2.24, 2.45) is 17.8 Å². The smallest absolute Gasteiger partial charge is 0.308 e. The van der Waals surface area contributed by atoms with Gasteiger partial charge >= 0.3 is 5.97 Å². The normalized spacial score (nSPS) is 31.3. The van der Waals surface area contributed by atoms with Crippen molar-refractivity contribution in [3.63, 3.8) is 0 Å². The number of likely N-dealkylation sites (N-methyl/N-ethyl adjacent to an activating group) is 2. The van der Waals surface area contributed by atoms with Gasteiger partial charge in [-0.2, -0.15) is 0 Å². The molecule has 0 radical (unpaired) electrons. The van der Waals surface area contributed by atoms with E-state index in [1.807, 2.05) is 41.5 Å². The minimum absolute atomic E-state index is 0.0189. The molecule has 12 nitrogen and oxygen atoms in total. The zero-order valence-corrected chi connectivity index (χ0v) is 28.6. The number of rotatable bonds is 5. The zero-order valence-electron chi connectivity index (χ0n) is 28.6. The fourth-order valence-corrected chi connectivity index (χ4v) is 6.14. The van der Waals surface area contributed by atoms with Crippen LogP contribution in [0.5, 0.6) is 0 Å². The predicted octanol–water partition coefficient (Wildman–Crippen LogP) is 2.10. The van der Waals surface area contributed by atoms with Crippen molar-refractivity contribution in [2.45, 2.75) is 124 Å². The Balaban J connectivity index is 2.67. The van der Waals surface area contributed by atoms with Gasteiger partial charge in [-0.3, -0.25) is 28.8 Å². The number of fused-ring (bicyclic) bond motifs is 1. The van der Waals surface area contributed by atoms with Gasteiger partial charge in [0.2, 0.25) is 23.6 Å². The Morgan fingerprint density at radius 3 is 2.11 bits per heavy atom. The predicted molar refractivity (Wildman–Crippen MR) is 166 cm³/mol. The molecule has 250 valence electrons. The summed E-state index contributed by atoms with van der Waals surface area (Å²) in [6.45, 7) is 16.4. The number of carbonyl (C=O) groups excluding carboxylic acids is 6. The second kappa shape index (κ2) is 14.7. The van der Waals surface area contributed by atoms with E-state index >= 15 is 0 Å². The molecule has 12 heteroatoms. The van der Waals surface area contributed by atoms with Gasteiger partial charge in [0.05, 0.1) is 6.42 Å². The molecule has 0 unspecified atom stereocenters. The first kappa shape index (κ1) is 37.0. The van der Waals surface area contributed by atoms with Gasteiger partial charge < -0.3 is 30.1 Å². The van der Waals surface area contributed by atoms with E-state index in [9.17, 15) is 28.8 Å². The number of cyclic esters (lactones) is 1. The first-order valence-corrected chi connectivity index (χ1v) is 16.0. The van der Waals surface area contributed by atoms with Crippen LogP contribution in [-0.4, -0.2) is 107 Å². The van der Waals surface area contributed by atoms with E-state index in [-0.39, 0.29) is 37.1 Å². The number of ether oxygens (including phenoxy) is 1. The molecule has 6 atom stereocenters. The molecular weight excluding hydrogens is 566 g/mol. The number of amides is 5. The monoisotopic (exact) mass is 621 g/mol. The average Bonchev–Trinajstić information content (AvgIpc) is 3.36. The van der Waals surface area contributed by atoms with E-state index in [2.05, 4.69) is 10.6 Å². The van der Waals surface area contributed by atoms with Crippen LogP contribution in [0.1, 0.15) is 94.4 Å². The Morgan fingerprint density at radius 2 is 1.57 bits per heavy atom. The standard InChI is InChI=1S/C32H55N5O7/c1-12-21(6)32(9)30(43)36(11)25(20(4)5)28(41)35(10)22(7)26(39)33-16-14-24(38)44-23(18-19(2)3)27(40)37-17-13-15-31(37,8)29(42)34-32/h19-23,25H,12-18H2,1-11H3,(H,33,39)(H,34,42)/t21-,22-,23+,25-,31-,32-/m0/s1. The molecule has 2 aliphatic heterocycles. The summed E-state index contributed by atoms with van der Waals surface area (Å²) < 4.78 is 5.66. The summed E-state index contributed by atoms with van der Waals surface area (Å²) >= 11 is 0. The van der Waals surface area contributed by atoms with Crippen LogP contribution in [0.25, 0.3) is 0 Å². The minimum Gasteiger partial charge on any atom is -0.452 e. The van der Waals surface area contributed by atoms with E-state index < -0.39 is 64.8 Å². The molecule has 0 aromatic carbocycles. The molecule has 0 aromatic rings. The molecule has 2 fully saturated rings. The molecule has 0 spiro atoms. The van der Waals surface area contributed by atoms with E-state index in [4.69, 9.17) is 4.74 Å². The third-order valence-electron chi connectivity index (χ3n) is 9.60. The van der Waals surface area contributed by atoms with Gasteiger partial charge in [-0.15, -0.1) is 0 Å². The quantitative estimate of drug-likeness (QED) is 0.447. The Labute approximate surface area is 263 Å². The highest BCUT2D eigenvalue weighted by atomic mass is 16.5. The SMILES string of the molecule is CC[C@H](C)[C@]1(C)NC(=O)[C@]2(C)CCCN2C(=O)[C@@H](CC(C)C)OC(=O)CCNC(=O)[C@H](C)N(C)C(=O)[C@H](C(C)C)N(C)C1=O. The minimum atomic E-state index is -1.41. The summed E-state index contributed by atoms with van der Waals surface area (Å²) in [4.78, 5) is 86.3. The maximum absolute atomic E-state index is 14.4. The Bertz CT molecular complexity index is 1110. The highest BCUT2D eigenvalue weighted by Crippen LogP contribution is 2.34. The molecule has 0 saturated carbocycles. The van der Waals surface area contributed by atoms with Gasteiger partial charge in [0, 0.05) is 27.2 Å². The highest BCUT2D eigenvalue weighted by Gasteiger charge is 2.52. The number of hydrogen-bond acceptors (Lipinski definition) is 7. The van der Waals surface area contributed by atoms with Gasteiger partial charge in [-0.05, 0) is 57.8 Å². The maximum atomic E-state index is 14.4. The zero-order chi connectivity index (χ0) is 33.7. The van der Waals surface area contributed by atoms with E-state index in [1.165, 1.54) is 21.7 Å². The summed E-state index contributed by atoms with van der Waals surface area (Å²) in [7, 11) is 3.05. The summed E-state index contributed by atoms with van der Waals surface area (Å²) in [5.74, 6) is -3.55. The topological polar surface area (TPSA) is 145 Å². The van der Waals surface area contributed by atoms with Gasteiger partial charge in [0.15, 0.2) is 6.10 Å². The van der Waals surface area contributed by atoms with Gasteiger partial charge in [-0.25, -0.2) is 0 Å². The first-order chi connectivity index (χ1) is 20.3. The van der Waals surface area contributed by atoms with Gasteiger partial charge in [0.1, 0.15) is 23.2 Å². The van der Waals surface area contributed by atoms with Crippen LogP contribution < -0.4 is 10.6 Å². The average molecular weight is 622 g/mol. The number of hydrogen-bond donors (Lipinski definition) is 2. The third-order valence-corrected chi connectivity index (χ3v) is 9.60. The van der Waals surface area contributed by atoms with Crippen molar-refractivity contribution in [3.05, 3.63) is 0 Å². The Kier molecular flexibility index (Phi) is 12.4. The van der Waals surface area contributed by atoms with Crippen LogP contribution in [0, 0.1) is 17.8 Å². The van der Waals surface area contributed by atoms with Crippen LogP contribution in [-0.2, 0) is 33.5 Å². The van der Waals surface area contributed by atoms with Crippen LogP contribution in [0.15, 0.2) is 0 Å². The van der Waals surface area contributed by atoms with Crippen molar-refractivity contribution in [1.29, 1.82) is 0 Å². The fourth-order valence-electron chi connectivity index (χ4n) is 6.14. The summed E-state index contributed by atoms with van der Waals surface area (Å²) in [6.07, 6.45) is 0.476. The lowest BCUT2D eigenvalue weighted by Gasteiger charge is -2.44. The number of nitrogens with zero attached hydrogens (tertiary/aromatic N) is 3. The lowest BCUT2D eigenvalue weighted by molar-refractivity contribution is -0.165. The fraction of sp³-hybridized carbons (Fsp3) is 0.812. The molecule has 0 aliphatic carbocycles. The van der Waals surface area contributed by atoms with Crippen molar-refractivity contribution in [2.75, 3.05) is 27.2 Å². The maximum Gasteiger partial charge on any atom is 0.308 e. The molecule has 2 heterocycles. The Morgan fingerprint density at radius 1 is 0.955 bits per heavy atom. The molecule has 2 saturated heterocycles. The summed E-state index contributed by atoms with van der Waals surface area (Å²) in [5.41, 5.74) is -2.70. The van der Waals surface area contributed by atoms with Gasteiger partial charge in [-0.1, -0.05) is 48.0 Å². The largest absolute Gasteiger partial charge is 0.452 e. The van der Waals surface area contributed by atoms with E-state index in [0.717, 1.165) is 0 Å². The summed E-state index contributed by atoms with van der Waals surface area (Å²) in [6, 6.07) is -1.81. The third kappa shape index (κ3) is 7.72. The Hall–Kier alpha value is -3.18. The van der Waals surface area contributed by atoms with Crippen LogP contribution in [0.3, 0.4) is 0 Å². The molecule has 0 aromatic heterocycles. The lowest BCUT2D eigenvalue weighted by atomic mass is 9.81. The number of carbonyl (C=O) groups is 6. The molecule has 5 amide bonds. The van der Waals surface area contributed by atoms with E-state index in [0.29, 0.717) is 25.8 Å². The van der Waals surface area contributed by atoms with Crippen molar-refractivity contribution >= 4 is 35.5 Å². The van der Waals surface area contributed by atoms with Crippen molar-refractivity contribution in [1.82, 2.24) is 25.3 Å².